The Labute approximate surface area is 197 Å². The third-order valence-electron chi connectivity index (χ3n) is 5.24. The van der Waals surface area contributed by atoms with Gasteiger partial charge in [0.15, 0.2) is 29.0 Å². The van der Waals surface area contributed by atoms with E-state index in [9.17, 15) is 17.6 Å². The van der Waals surface area contributed by atoms with Crippen LogP contribution in [0.15, 0.2) is 67.5 Å². The number of hydrogen-bond donors (Lipinski definition) is 0. The number of benzene rings is 3. The molecule has 1 aromatic heterocycles. The van der Waals surface area contributed by atoms with Gasteiger partial charge in [0, 0.05) is 10.9 Å². The predicted molar refractivity (Wildman–Crippen MR) is 121 cm³/mol. The normalized spacial score (nSPS) is 11.1. The second-order valence-corrected chi connectivity index (χ2v) is 7.58. The fraction of sp³-hybridized carbons (Fsp3) is 0.154. The Hall–Kier alpha value is -4.01. The third-order valence-corrected chi connectivity index (χ3v) is 5.24. The van der Waals surface area contributed by atoms with Crippen molar-refractivity contribution in [3.8, 4) is 22.9 Å². The summed E-state index contributed by atoms with van der Waals surface area (Å²) in [6, 6.07) is 10.2. The van der Waals surface area contributed by atoms with Crippen molar-refractivity contribution in [3.05, 3.63) is 96.1 Å². The molecule has 0 saturated heterocycles. The summed E-state index contributed by atoms with van der Waals surface area (Å²) in [7, 11) is 0. The maximum atomic E-state index is 15.1. The van der Waals surface area contributed by atoms with Crippen LogP contribution in [0.1, 0.15) is 11.1 Å². The molecule has 0 saturated carbocycles. The van der Waals surface area contributed by atoms with Crippen LogP contribution in [0.2, 0.25) is 0 Å². The minimum Gasteiger partial charge on any atom is -0.486 e. The van der Waals surface area contributed by atoms with E-state index in [-0.39, 0.29) is 18.4 Å². The minimum atomic E-state index is -3.35. The molecule has 4 nitrogen and oxygen atoms in total. The van der Waals surface area contributed by atoms with Gasteiger partial charge in [-0.2, -0.15) is 8.78 Å². The van der Waals surface area contributed by atoms with Gasteiger partial charge in [0.25, 0.3) is 0 Å². The summed E-state index contributed by atoms with van der Waals surface area (Å²) < 4.78 is 76.8. The van der Waals surface area contributed by atoms with E-state index in [1.807, 2.05) is 0 Å². The number of hydrogen-bond acceptors (Lipinski definition) is 4. The van der Waals surface area contributed by atoms with Gasteiger partial charge in [0.2, 0.25) is 0 Å². The Balaban J connectivity index is 1.51. The molecule has 0 unspecified atom stereocenters. The molecular weight excluding hydrogens is 467 g/mol. The average molecular weight is 486 g/mol. The summed E-state index contributed by atoms with van der Waals surface area (Å²) in [5, 5.41) is 1.00. The predicted octanol–water partition coefficient (Wildman–Crippen LogP) is 6.67. The number of aromatic nitrogens is 2. The van der Waals surface area contributed by atoms with Crippen LogP contribution < -0.4 is 9.47 Å². The number of ether oxygens (including phenoxy) is 2. The summed E-state index contributed by atoms with van der Waals surface area (Å²) in [5.41, 5.74) is 1.23. The molecule has 0 atom stereocenters. The fourth-order valence-electron chi connectivity index (χ4n) is 3.60. The highest BCUT2D eigenvalue weighted by molar-refractivity contribution is 5.87. The van der Waals surface area contributed by atoms with Gasteiger partial charge in [-0.1, -0.05) is 36.9 Å². The summed E-state index contributed by atoms with van der Waals surface area (Å²) in [6.07, 6.45) is 4.93. The Morgan fingerprint density at radius 3 is 2.29 bits per heavy atom. The minimum absolute atomic E-state index is 0.0947. The first-order valence-corrected chi connectivity index (χ1v) is 10.6. The average Bonchev–Trinajstić information content (AvgIpc) is 2.84. The summed E-state index contributed by atoms with van der Waals surface area (Å²) in [6.45, 7) is 0.563. The van der Waals surface area contributed by atoms with Crippen molar-refractivity contribution in [1.29, 1.82) is 0 Å². The first-order valence-electron chi connectivity index (χ1n) is 10.6. The van der Waals surface area contributed by atoms with Gasteiger partial charge in [0.1, 0.15) is 12.4 Å². The van der Waals surface area contributed by atoms with E-state index in [2.05, 4.69) is 21.3 Å². The maximum Gasteiger partial charge on any atom is 0.387 e. The SMILES string of the molecule is C=CCOc1cnc(-c2ccc3c(F)c(CCc4cc(F)c(OC(F)F)c(F)c4)ccc3c2)nc1. The van der Waals surface area contributed by atoms with Crippen LogP contribution in [0.5, 0.6) is 11.5 Å². The molecule has 1 heterocycles. The smallest absolute Gasteiger partial charge is 0.387 e. The van der Waals surface area contributed by atoms with Crippen molar-refractivity contribution in [3.63, 3.8) is 0 Å². The molecule has 0 aliphatic heterocycles. The maximum absolute atomic E-state index is 15.1. The van der Waals surface area contributed by atoms with Crippen molar-refractivity contribution in [2.45, 2.75) is 19.5 Å². The van der Waals surface area contributed by atoms with E-state index < -0.39 is 29.8 Å². The molecule has 0 aliphatic carbocycles. The molecule has 0 bridgehead atoms. The molecule has 4 rings (SSSR count). The number of rotatable bonds is 9. The molecule has 0 radical (unpaired) electrons. The molecule has 0 fully saturated rings. The van der Waals surface area contributed by atoms with Gasteiger partial charge in [-0.15, -0.1) is 0 Å². The summed E-state index contributed by atoms with van der Waals surface area (Å²) in [5.74, 6) is -3.13. The molecule has 35 heavy (non-hydrogen) atoms. The quantitative estimate of drug-likeness (QED) is 0.196. The molecule has 180 valence electrons. The second kappa shape index (κ2) is 10.5. The van der Waals surface area contributed by atoms with Crippen molar-refractivity contribution < 1.29 is 31.4 Å². The zero-order valence-electron chi connectivity index (χ0n) is 18.3. The molecule has 3 aromatic carbocycles. The highest BCUT2D eigenvalue weighted by atomic mass is 19.3. The Morgan fingerprint density at radius 1 is 0.914 bits per heavy atom. The van der Waals surface area contributed by atoms with Crippen molar-refractivity contribution in [1.82, 2.24) is 9.97 Å². The van der Waals surface area contributed by atoms with Crippen LogP contribution in [0.3, 0.4) is 0 Å². The van der Waals surface area contributed by atoms with Gasteiger partial charge >= 0.3 is 6.61 Å². The first kappa shape index (κ1) is 24.1. The van der Waals surface area contributed by atoms with E-state index in [4.69, 9.17) is 4.74 Å². The van der Waals surface area contributed by atoms with Crippen LogP contribution in [-0.4, -0.2) is 23.2 Å². The zero-order chi connectivity index (χ0) is 24.9. The number of halogens is 5. The summed E-state index contributed by atoms with van der Waals surface area (Å²) >= 11 is 0. The van der Waals surface area contributed by atoms with Crippen LogP contribution in [0.4, 0.5) is 22.0 Å². The standard InChI is InChI=1S/C26H19F5N2O2/c1-2-9-34-19-13-32-25(33-14-19)18-7-8-20-17(12-18)6-5-16(23(20)29)4-3-15-10-21(27)24(22(28)11-15)35-26(30)31/h2,5-8,10-14,26H,1,3-4,9H2. The van der Waals surface area contributed by atoms with Gasteiger partial charge < -0.3 is 9.47 Å². The van der Waals surface area contributed by atoms with Crippen LogP contribution in [0.25, 0.3) is 22.2 Å². The van der Waals surface area contributed by atoms with Crippen LogP contribution in [-0.2, 0) is 12.8 Å². The zero-order valence-corrected chi connectivity index (χ0v) is 18.3. The fourth-order valence-corrected chi connectivity index (χ4v) is 3.60. The monoisotopic (exact) mass is 486 g/mol. The van der Waals surface area contributed by atoms with Crippen molar-refractivity contribution >= 4 is 10.8 Å². The lowest BCUT2D eigenvalue weighted by Crippen LogP contribution is -2.06. The number of fused-ring (bicyclic) bond motifs is 1. The Bertz CT molecular complexity index is 1340. The van der Waals surface area contributed by atoms with E-state index in [1.54, 1.807) is 36.4 Å². The van der Waals surface area contributed by atoms with E-state index >= 15 is 4.39 Å². The number of alkyl halides is 2. The van der Waals surface area contributed by atoms with Gasteiger partial charge in [-0.25, -0.2) is 23.1 Å². The van der Waals surface area contributed by atoms with Crippen molar-refractivity contribution in [2.24, 2.45) is 0 Å². The van der Waals surface area contributed by atoms with Gasteiger partial charge in [0.05, 0.1) is 12.4 Å². The highest BCUT2D eigenvalue weighted by Gasteiger charge is 2.17. The van der Waals surface area contributed by atoms with Gasteiger partial charge in [-0.3, -0.25) is 0 Å². The van der Waals surface area contributed by atoms with Gasteiger partial charge in [-0.05, 0) is 47.6 Å². The molecule has 0 amide bonds. The molecule has 0 aliphatic rings. The van der Waals surface area contributed by atoms with Crippen LogP contribution >= 0.6 is 0 Å². The Morgan fingerprint density at radius 2 is 1.63 bits per heavy atom. The Kier molecular flexibility index (Phi) is 7.24. The van der Waals surface area contributed by atoms with Crippen molar-refractivity contribution in [2.75, 3.05) is 6.61 Å². The summed E-state index contributed by atoms with van der Waals surface area (Å²) in [4.78, 5) is 8.54. The molecule has 0 N–H and O–H groups in total. The molecule has 0 spiro atoms. The first-order chi connectivity index (χ1) is 16.9. The van der Waals surface area contributed by atoms with E-state index in [1.165, 1.54) is 12.4 Å². The molecule has 9 heteroatoms. The lowest BCUT2D eigenvalue weighted by Gasteiger charge is -2.11. The third kappa shape index (κ3) is 5.56. The van der Waals surface area contributed by atoms with E-state index in [0.29, 0.717) is 40.1 Å². The van der Waals surface area contributed by atoms with E-state index in [0.717, 1.165) is 12.1 Å². The number of nitrogens with zero attached hydrogens (tertiary/aromatic N) is 2. The molecule has 4 aromatic rings. The largest absolute Gasteiger partial charge is 0.486 e. The number of aryl methyl sites for hydroxylation is 2. The molecular formula is C26H19F5N2O2. The highest BCUT2D eigenvalue weighted by Crippen LogP contribution is 2.29. The second-order valence-electron chi connectivity index (χ2n) is 7.58. The lowest BCUT2D eigenvalue weighted by molar-refractivity contribution is -0.0546. The van der Waals surface area contributed by atoms with Crippen LogP contribution in [0, 0.1) is 17.5 Å². The lowest BCUT2D eigenvalue weighted by atomic mass is 9.98. The topological polar surface area (TPSA) is 44.2 Å².